The maximum Gasteiger partial charge on any atom is 0.389 e. The maximum atomic E-state index is 11.8. The van der Waals surface area contributed by atoms with E-state index in [9.17, 15) is 18.0 Å². The molecule has 0 aromatic carbocycles. The van der Waals surface area contributed by atoms with Crippen molar-refractivity contribution in [2.75, 3.05) is 0 Å². The summed E-state index contributed by atoms with van der Waals surface area (Å²) in [7, 11) is 0. The highest BCUT2D eigenvalue weighted by Gasteiger charge is 2.27. The summed E-state index contributed by atoms with van der Waals surface area (Å²) in [6, 6.07) is 0. The van der Waals surface area contributed by atoms with Crippen LogP contribution in [0.2, 0.25) is 0 Å². The Balaban J connectivity index is 3.90. The predicted molar refractivity (Wildman–Crippen MR) is 48.9 cm³/mol. The fourth-order valence-corrected chi connectivity index (χ4v) is 1.53. The third-order valence-electron chi connectivity index (χ3n) is 2.30. The second-order valence-electron chi connectivity index (χ2n) is 3.97. The molecule has 0 N–H and O–H groups in total. The third kappa shape index (κ3) is 6.00. The van der Waals surface area contributed by atoms with Crippen LogP contribution in [-0.2, 0) is 4.79 Å². The zero-order chi connectivity index (χ0) is 11.4. The Kier molecular flexibility index (Phi) is 5.16. The smallest absolute Gasteiger partial charge is 0.300 e. The minimum absolute atomic E-state index is 0.0119. The lowest BCUT2D eigenvalue weighted by Gasteiger charge is -2.17. The lowest BCUT2D eigenvalue weighted by atomic mass is 9.87. The van der Waals surface area contributed by atoms with Crippen molar-refractivity contribution in [2.24, 2.45) is 11.8 Å². The highest BCUT2D eigenvalue weighted by Crippen LogP contribution is 2.26. The Labute approximate surface area is 82.7 Å². The molecule has 0 aliphatic heterocycles. The van der Waals surface area contributed by atoms with Gasteiger partial charge in [-0.15, -0.1) is 0 Å². The Morgan fingerprint density at radius 1 is 1.29 bits per heavy atom. The Morgan fingerprint density at radius 3 is 2.07 bits per heavy atom. The molecule has 0 amide bonds. The molecular formula is C10H17F3O. The molecule has 4 heteroatoms. The van der Waals surface area contributed by atoms with E-state index in [0.717, 1.165) is 0 Å². The summed E-state index contributed by atoms with van der Waals surface area (Å²) >= 11 is 0. The van der Waals surface area contributed by atoms with Gasteiger partial charge in [0, 0.05) is 12.3 Å². The van der Waals surface area contributed by atoms with Crippen LogP contribution in [0, 0.1) is 11.8 Å². The Bertz CT molecular complexity index is 184. The zero-order valence-corrected chi connectivity index (χ0v) is 8.82. The van der Waals surface area contributed by atoms with E-state index < -0.39 is 12.6 Å². The number of hydrogen-bond acceptors (Lipinski definition) is 1. The van der Waals surface area contributed by atoms with Gasteiger partial charge in [-0.1, -0.05) is 13.8 Å². The van der Waals surface area contributed by atoms with Crippen LogP contribution in [-0.4, -0.2) is 12.0 Å². The van der Waals surface area contributed by atoms with Crippen LogP contribution >= 0.6 is 0 Å². The minimum atomic E-state index is -4.10. The van der Waals surface area contributed by atoms with Crippen LogP contribution in [0.1, 0.15) is 40.0 Å². The number of ketones is 1. The number of halogens is 3. The van der Waals surface area contributed by atoms with Crippen LogP contribution in [0.25, 0.3) is 0 Å². The molecular weight excluding hydrogens is 193 g/mol. The van der Waals surface area contributed by atoms with Gasteiger partial charge in [0.2, 0.25) is 0 Å². The molecule has 0 bridgehead atoms. The van der Waals surface area contributed by atoms with E-state index in [1.165, 1.54) is 6.92 Å². The molecule has 0 radical (unpaired) electrons. The summed E-state index contributed by atoms with van der Waals surface area (Å²) < 4.78 is 35.5. The van der Waals surface area contributed by atoms with Gasteiger partial charge in [-0.05, 0) is 25.7 Å². The van der Waals surface area contributed by atoms with Crippen LogP contribution in [0.4, 0.5) is 13.2 Å². The van der Waals surface area contributed by atoms with Crippen molar-refractivity contribution in [3.63, 3.8) is 0 Å². The molecule has 0 aromatic rings. The summed E-state index contributed by atoms with van der Waals surface area (Å²) in [4.78, 5) is 11.1. The maximum absolute atomic E-state index is 11.8. The quantitative estimate of drug-likeness (QED) is 0.677. The van der Waals surface area contributed by atoms with Crippen molar-refractivity contribution < 1.29 is 18.0 Å². The van der Waals surface area contributed by atoms with E-state index in [0.29, 0.717) is 6.42 Å². The third-order valence-corrected chi connectivity index (χ3v) is 2.30. The fourth-order valence-electron chi connectivity index (χ4n) is 1.53. The van der Waals surface area contributed by atoms with Gasteiger partial charge in [0.1, 0.15) is 5.78 Å². The Morgan fingerprint density at radius 2 is 1.79 bits per heavy atom. The molecule has 1 unspecified atom stereocenters. The monoisotopic (exact) mass is 210 g/mol. The fraction of sp³-hybridized carbons (Fsp3) is 0.900. The topological polar surface area (TPSA) is 17.1 Å². The molecule has 0 rings (SSSR count). The van der Waals surface area contributed by atoms with Crippen molar-refractivity contribution in [1.82, 2.24) is 0 Å². The van der Waals surface area contributed by atoms with Crippen molar-refractivity contribution in [2.45, 2.75) is 46.2 Å². The van der Waals surface area contributed by atoms with Crippen molar-refractivity contribution in [3.05, 3.63) is 0 Å². The average molecular weight is 210 g/mol. The van der Waals surface area contributed by atoms with E-state index >= 15 is 0 Å². The largest absolute Gasteiger partial charge is 0.389 e. The summed E-state index contributed by atoms with van der Waals surface area (Å²) in [5.41, 5.74) is 0. The highest BCUT2D eigenvalue weighted by atomic mass is 19.4. The second kappa shape index (κ2) is 5.37. The van der Waals surface area contributed by atoms with Gasteiger partial charge in [-0.3, -0.25) is 4.79 Å². The summed E-state index contributed by atoms with van der Waals surface area (Å²) in [5, 5.41) is 0. The number of rotatable bonds is 5. The van der Waals surface area contributed by atoms with Crippen molar-refractivity contribution >= 4 is 5.78 Å². The van der Waals surface area contributed by atoms with E-state index in [1.54, 1.807) is 0 Å². The normalized spacial score (nSPS) is 14.5. The van der Waals surface area contributed by atoms with E-state index in [-0.39, 0.29) is 24.0 Å². The van der Waals surface area contributed by atoms with E-state index in [1.807, 2.05) is 13.8 Å². The van der Waals surface area contributed by atoms with Gasteiger partial charge < -0.3 is 0 Å². The van der Waals surface area contributed by atoms with E-state index in [2.05, 4.69) is 0 Å². The van der Waals surface area contributed by atoms with Gasteiger partial charge in [-0.2, -0.15) is 13.2 Å². The molecule has 1 atom stereocenters. The number of hydrogen-bond donors (Lipinski definition) is 0. The summed E-state index contributed by atoms with van der Waals surface area (Å²) in [5.74, 6) is -0.111. The van der Waals surface area contributed by atoms with Crippen molar-refractivity contribution in [3.8, 4) is 0 Å². The molecule has 84 valence electrons. The molecule has 0 aliphatic carbocycles. The van der Waals surface area contributed by atoms with Gasteiger partial charge in [-0.25, -0.2) is 0 Å². The summed E-state index contributed by atoms with van der Waals surface area (Å²) in [6.07, 6.45) is -4.50. The standard InChI is InChI=1S/C10H17F3O/c1-7(2)9(8(3)14)5-4-6-10(11,12)13/h7,9H,4-6H2,1-3H3. The zero-order valence-electron chi connectivity index (χ0n) is 8.82. The molecule has 0 heterocycles. The first kappa shape index (κ1) is 13.5. The predicted octanol–water partition coefficient (Wildman–Crippen LogP) is 3.58. The lowest BCUT2D eigenvalue weighted by molar-refractivity contribution is -0.137. The molecule has 14 heavy (non-hydrogen) atoms. The summed E-state index contributed by atoms with van der Waals surface area (Å²) in [6.45, 7) is 5.16. The first-order valence-electron chi connectivity index (χ1n) is 4.81. The highest BCUT2D eigenvalue weighted by molar-refractivity contribution is 5.78. The number of Topliss-reactive ketones (excluding diaryl/α,β-unsaturated/α-hetero) is 1. The van der Waals surface area contributed by atoms with Gasteiger partial charge in [0.15, 0.2) is 0 Å². The molecule has 0 spiro atoms. The first-order valence-corrected chi connectivity index (χ1v) is 4.81. The van der Waals surface area contributed by atoms with Crippen LogP contribution in [0.3, 0.4) is 0 Å². The molecule has 0 fully saturated rings. The number of carbonyl (C=O) groups is 1. The van der Waals surface area contributed by atoms with Crippen LogP contribution < -0.4 is 0 Å². The van der Waals surface area contributed by atoms with Gasteiger partial charge in [0.25, 0.3) is 0 Å². The molecule has 0 aromatic heterocycles. The number of alkyl halides is 3. The molecule has 1 nitrogen and oxygen atoms in total. The average Bonchev–Trinajstić information content (AvgIpc) is 1.94. The van der Waals surface area contributed by atoms with Crippen LogP contribution in [0.5, 0.6) is 0 Å². The SMILES string of the molecule is CC(=O)C(CCCC(F)(F)F)C(C)C. The first-order chi connectivity index (χ1) is 6.24. The Hall–Kier alpha value is -0.540. The van der Waals surface area contributed by atoms with Gasteiger partial charge in [0.05, 0.1) is 0 Å². The minimum Gasteiger partial charge on any atom is -0.300 e. The molecule has 0 saturated carbocycles. The molecule has 0 saturated heterocycles. The second-order valence-corrected chi connectivity index (χ2v) is 3.97. The molecule has 0 aliphatic rings. The number of carbonyl (C=O) groups excluding carboxylic acids is 1. The van der Waals surface area contributed by atoms with Crippen molar-refractivity contribution in [1.29, 1.82) is 0 Å². The van der Waals surface area contributed by atoms with Crippen LogP contribution in [0.15, 0.2) is 0 Å². The lowest BCUT2D eigenvalue weighted by Crippen LogP contribution is -2.18. The van der Waals surface area contributed by atoms with Gasteiger partial charge >= 0.3 is 6.18 Å². The van der Waals surface area contributed by atoms with E-state index in [4.69, 9.17) is 0 Å².